The maximum absolute atomic E-state index is 12.0. The first-order chi connectivity index (χ1) is 9.70. The lowest BCUT2D eigenvalue weighted by molar-refractivity contribution is -0.119. The van der Waals surface area contributed by atoms with E-state index in [1.807, 2.05) is 12.1 Å². The van der Waals surface area contributed by atoms with Crippen molar-refractivity contribution >= 4 is 11.6 Å². The summed E-state index contributed by atoms with van der Waals surface area (Å²) in [6.07, 6.45) is 1.71. The van der Waals surface area contributed by atoms with Crippen LogP contribution in [0.2, 0.25) is 0 Å². The first-order valence-corrected chi connectivity index (χ1v) is 7.04. The lowest BCUT2D eigenvalue weighted by Crippen LogP contribution is -2.47. The fourth-order valence-electron chi connectivity index (χ4n) is 2.54. The van der Waals surface area contributed by atoms with Crippen molar-refractivity contribution in [1.29, 1.82) is 0 Å². The van der Waals surface area contributed by atoms with Gasteiger partial charge < -0.3 is 20.7 Å². The molecule has 0 radical (unpaired) electrons. The number of benzene rings is 1. The van der Waals surface area contributed by atoms with E-state index in [-0.39, 0.29) is 11.9 Å². The minimum atomic E-state index is 0.0324. The molecule has 0 aliphatic carbocycles. The summed E-state index contributed by atoms with van der Waals surface area (Å²) in [6, 6.07) is 8.24. The van der Waals surface area contributed by atoms with Gasteiger partial charge in [-0.1, -0.05) is 18.2 Å². The van der Waals surface area contributed by atoms with Crippen LogP contribution in [-0.2, 0) is 16.0 Å². The van der Waals surface area contributed by atoms with E-state index >= 15 is 0 Å². The van der Waals surface area contributed by atoms with E-state index in [0.29, 0.717) is 19.7 Å². The predicted molar refractivity (Wildman–Crippen MR) is 79.8 cm³/mol. The van der Waals surface area contributed by atoms with Gasteiger partial charge in [0.2, 0.25) is 5.91 Å². The molecule has 1 amide bonds. The van der Waals surface area contributed by atoms with Crippen molar-refractivity contribution in [2.75, 3.05) is 38.3 Å². The first kappa shape index (κ1) is 14.8. The second-order valence-electron chi connectivity index (χ2n) is 5.17. The van der Waals surface area contributed by atoms with Crippen LogP contribution in [0.1, 0.15) is 12.0 Å². The van der Waals surface area contributed by atoms with Crippen molar-refractivity contribution in [1.82, 2.24) is 5.32 Å². The molecule has 3 N–H and O–H groups in total. The highest BCUT2D eigenvalue weighted by atomic mass is 16.5. The Morgan fingerprint density at radius 2 is 2.30 bits per heavy atom. The molecule has 1 unspecified atom stereocenters. The molecule has 1 aromatic carbocycles. The smallest absolute Gasteiger partial charge is 0.239 e. The standard InChI is InChI=1S/C15H23N3O2/c1-20-8-4-7-17-15(19)11-18-10-13(16)9-12-5-2-3-6-14(12)18/h2-3,5-6,13H,4,7-11,16H2,1H3,(H,17,19). The van der Waals surface area contributed by atoms with E-state index in [1.165, 1.54) is 5.56 Å². The summed E-state index contributed by atoms with van der Waals surface area (Å²) >= 11 is 0. The number of nitrogens with zero attached hydrogens (tertiary/aromatic N) is 1. The van der Waals surface area contributed by atoms with Crippen LogP contribution in [0, 0.1) is 0 Å². The minimum absolute atomic E-state index is 0.0324. The summed E-state index contributed by atoms with van der Waals surface area (Å²) in [6.45, 7) is 2.39. The van der Waals surface area contributed by atoms with E-state index in [2.05, 4.69) is 22.3 Å². The molecule has 1 atom stereocenters. The van der Waals surface area contributed by atoms with Gasteiger partial charge in [-0.3, -0.25) is 4.79 Å². The molecule has 0 bridgehead atoms. The van der Waals surface area contributed by atoms with E-state index in [4.69, 9.17) is 10.5 Å². The minimum Gasteiger partial charge on any atom is -0.385 e. The number of fused-ring (bicyclic) bond motifs is 1. The Morgan fingerprint density at radius 3 is 3.10 bits per heavy atom. The lowest BCUT2D eigenvalue weighted by Gasteiger charge is -2.34. The summed E-state index contributed by atoms with van der Waals surface area (Å²) in [4.78, 5) is 14.0. The molecule has 1 heterocycles. The van der Waals surface area contributed by atoms with Gasteiger partial charge >= 0.3 is 0 Å². The molecule has 20 heavy (non-hydrogen) atoms. The maximum atomic E-state index is 12.0. The number of para-hydroxylation sites is 1. The SMILES string of the molecule is COCCCNC(=O)CN1CC(N)Cc2ccccc21. The summed E-state index contributed by atoms with van der Waals surface area (Å²) in [5.74, 6) is 0.0324. The molecule has 2 rings (SSSR count). The number of rotatable bonds is 6. The van der Waals surface area contributed by atoms with Gasteiger partial charge in [0.05, 0.1) is 6.54 Å². The van der Waals surface area contributed by atoms with Crippen molar-refractivity contribution in [3.05, 3.63) is 29.8 Å². The Kier molecular flexibility index (Phi) is 5.38. The summed E-state index contributed by atoms with van der Waals surface area (Å²) in [7, 11) is 1.66. The summed E-state index contributed by atoms with van der Waals surface area (Å²) < 4.78 is 4.96. The van der Waals surface area contributed by atoms with Crippen molar-refractivity contribution in [2.45, 2.75) is 18.9 Å². The predicted octanol–water partition coefficient (Wildman–Crippen LogP) is 0.529. The highest BCUT2D eigenvalue weighted by molar-refractivity contribution is 5.82. The largest absolute Gasteiger partial charge is 0.385 e. The van der Waals surface area contributed by atoms with Crippen LogP contribution in [0.15, 0.2) is 24.3 Å². The topological polar surface area (TPSA) is 67.6 Å². The van der Waals surface area contributed by atoms with E-state index in [9.17, 15) is 4.79 Å². The van der Waals surface area contributed by atoms with Crippen LogP contribution >= 0.6 is 0 Å². The summed E-state index contributed by atoms with van der Waals surface area (Å²) in [5, 5.41) is 2.91. The maximum Gasteiger partial charge on any atom is 0.239 e. The Morgan fingerprint density at radius 1 is 1.50 bits per heavy atom. The monoisotopic (exact) mass is 277 g/mol. The van der Waals surface area contributed by atoms with Crippen LogP contribution in [0.3, 0.4) is 0 Å². The molecule has 1 aromatic rings. The van der Waals surface area contributed by atoms with Gasteiger partial charge in [-0.15, -0.1) is 0 Å². The third kappa shape index (κ3) is 3.95. The number of carbonyl (C=O) groups is 1. The van der Waals surface area contributed by atoms with Gasteiger partial charge in [-0.25, -0.2) is 0 Å². The number of hydrogen-bond acceptors (Lipinski definition) is 4. The average Bonchev–Trinajstić information content (AvgIpc) is 2.43. The van der Waals surface area contributed by atoms with Crippen molar-refractivity contribution < 1.29 is 9.53 Å². The van der Waals surface area contributed by atoms with Crippen LogP contribution in [0.25, 0.3) is 0 Å². The van der Waals surface area contributed by atoms with Crippen molar-refractivity contribution in [3.63, 3.8) is 0 Å². The van der Waals surface area contributed by atoms with Crippen LogP contribution in [-0.4, -0.2) is 45.3 Å². The van der Waals surface area contributed by atoms with Gasteiger partial charge in [0.1, 0.15) is 0 Å². The second kappa shape index (κ2) is 7.26. The Hall–Kier alpha value is -1.59. The number of nitrogens with one attached hydrogen (secondary N) is 1. The van der Waals surface area contributed by atoms with Gasteiger partial charge in [0.25, 0.3) is 0 Å². The Labute approximate surface area is 120 Å². The molecule has 5 nitrogen and oxygen atoms in total. The average molecular weight is 277 g/mol. The van der Waals surface area contributed by atoms with Crippen molar-refractivity contribution in [3.8, 4) is 0 Å². The zero-order chi connectivity index (χ0) is 14.4. The van der Waals surface area contributed by atoms with Gasteiger partial charge in [-0.2, -0.15) is 0 Å². The zero-order valence-corrected chi connectivity index (χ0v) is 12.0. The molecule has 0 saturated carbocycles. The molecule has 110 valence electrons. The number of anilines is 1. The highest BCUT2D eigenvalue weighted by Gasteiger charge is 2.22. The number of ether oxygens (including phenoxy) is 1. The van der Waals surface area contributed by atoms with Crippen LogP contribution in [0.5, 0.6) is 0 Å². The van der Waals surface area contributed by atoms with Gasteiger partial charge in [0, 0.05) is 38.5 Å². The van der Waals surface area contributed by atoms with E-state index in [0.717, 1.165) is 25.1 Å². The second-order valence-corrected chi connectivity index (χ2v) is 5.17. The zero-order valence-electron chi connectivity index (χ0n) is 12.0. The van der Waals surface area contributed by atoms with Crippen molar-refractivity contribution in [2.24, 2.45) is 5.73 Å². The number of methoxy groups -OCH3 is 1. The van der Waals surface area contributed by atoms with E-state index < -0.39 is 0 Å². The molecule has 0 saturated heterocycles. The normalized spacial score (nSPS) is 17.7. The fraction of sp³-hybridized carbons (Fsp3) is 0.533. The van der Waals surface area contributed by atoms with Gasteiger partial charge in [-0.05, 0) is 24.5 Å². The molecule has 0 spiro atoms. The van der Waals surface area contributed by atoms with Gasteiger partial charge in [0.15, 0.2) is 0 Å². The molecule has 0 fully saturated rings. The van der Waals surface area contributed by atoms with E-state index in [1.54, 1.807) is 7.11 Å². The number of carbonyl (C=O) groups excluding carboxylic acids is 1. The quantitative estimate of drug-likeness (QED) is 0.744. The molecule has 1 aliphatic heterocycles. The molecular weight excluding hydrogens is 254 g/mol. The Bertz CT molecular complexity index is 450. The fourth-order valence-corrected chi connectivity index (χ4v) is 2.54. The molecule has 0 aromatic heterocycles. The summed E-state index contributed by atoms with van der Waals surface area (Å²) in [5.41, 5.74) is 8.41. The molecule has 5 heteroatoms. The Balaban J connectivity index is 1.91. The number of hydrogen-bond donors (Lipinski definition) is 2. The number of amides is 1. The number of nitrogens with two attached hydrogens (primary N) is 1. The highest BCUT2D eigenvalue weighted by Crippen LogP contribution is 2.25. The molecular formula is C15H23N3O2. The first-order valence-electron chi connectivity index (χ1n) is 7.04. The van der Waals surface area contributed by atoms with Crippen LogP contribution in [0.4, 0.5) is 5.69 Å². The molecule has 1 aliphatic rings. The third-order valence-corrected chi connectivity index (χ3v) is 3.45. The lowest BCUT2D eigenvalue weighted by atomic mass is 9.98. The third-order valence-electron chi connectivity index (χ3n) is 3.45. The van der Waals surface area contributed by atoms with Crippen LogP contribution < -0.4 is 16.0 Å².